The van der Waals surface area contributed by atoms with E-state index in [-0.39, 0.29) is 13.1 Å². The van der Waals surface area contributed by atoms with Gasteiger partial charge in [0.15, 0.2) is 9.84 Å². The number of ether oxygens (including phenoxy) is 2. The molecule has 11 heteroatoms. The lowest BCUT2D eigenvalue weighted by Crippen LogP contribution is -2.38. The second-order valence-electron chi connectivity index (χ2n) is 7.63. The highest BCUT2D eigenvalue weighted by molar-refractivity contribution is 7.92. The summed E-state index contributed by atoms with van der Waals surface area (Å²) < 4.78 is 33.7. The van der Waals surface area contributed by atoms with Crippen LogP contribution in [0.25, 0.3) is 21.7 Å². The number of carbonyl (C=O) groups is 2. The van der Waals surface area contributed by atoms with Crippen LogP contribution in [0.1, 0.15) is 5.01 Å². The molecule has 0 unspecified atom stereocenters. The van der Waals surface area contributed by atoms with Gasteiger partial charge in [0.1, 0.15) is 34.7 Å². The SMILES string of the molecule is COc1ccc(-c2nc(CNC(=O)CN3CS(=O)(=O)CC3=O)sc2-c2ccc(OC)cc2)cc1. The Bertz CT molecular complexity index is 1240. The first-order valence-corrected chi connectivity index (χ1v) is 13.0. The highest BCUT2D eigenvalue weighted by Gasteiger charge is 2.34. The lowest BCUT2D eigenvalue weighted by molar-refractivity contribution is -0.132. The van der Waals surface area contributed by atoms with Crippen molar-refractivity contribution in [1.82, 2.24) is 15.2 Å². The van der Waals surface area contributed by atoms with Gasteiger partial charge in [0.05, 0.1) is 31.3 Å². The van der Waals surface area contributed by atoms with Crippen LogP contribution in [0.2, 0.25) is 0 Å². The molecule has 0 spiro atoms. The minimum Gasteiger partial charge on any atom is -0.497 e. The molecule has 9 nitrogen and oxygen atoms in total. The van der Waals surface area contributed by atoms with Gasteiger partial charge in [0, 0.05) is 5.56 Å². The molecule has 0 atom stereocenters. The molecule has 1 aromatic heterocycles. The number of aromatic nitrogens is 1. The second-order valence-corrected chi connectivity index (χ2v) is 10.7. The van der Waals surface area contributed by atoms with E-state index in [1.165, 1.54) is 11.3 Å². The molecule has 1 aliphatic rings. The normalized spacial score (nSPS) is 14.8. The van der Waals surface area contributed by atoms with Crippen LogP contribution in [-0.2, 0) is 26.0 Å². The second kappa shape index (κ2) is 9.82. The largest absolute Gasteiger partial charge is 0.497 e. The fourth-order valence-corrected chi connectivity index (χ4v) is 5.89. The third kappa shape index (κ3) is 5.37. The number of nitrogens with one attached hydrogen (secondary N) is 1. The van der Waals surface area contributed by atoms with Gasteiger partial charge in [0.25, 0.3) is 0 Å². The van der Waals surface area contributed by atoms with E-state index in [0.29, 0.717) is 5.01 Å². The fraction of sp³-hybridized carbons (Fsp3) is 0.261. The summed E-state index contributed by atoms with van der Waals surface area (Å²) >= 11 is 1.44. The zero-order valence-corrected chi connectivity index (χ0v) is 20.2. The zero-order valence-electron chi connectivity index (χ0n) is 18.6. The van der Waals surface area contributed by atoms with Crippen LogP contribution in [0.4, 0.5) is 0 Å². The van der Waals surface area contributed by atoms with Crippen LogP contribution in [0, 0.1) is 0 Å². The van der Waals surface area contributed by atoms with Crippen LogP contribution >= 0.6 is 11.3 Å². The van der Waals surface area contributed by atoms with Crippen LogP contribution in [0.15, 0.2) is 48.5 Å². The first kappa shape index (κ1) is 23.7. The standard InChI is InChI=1S/C23H23N3O6S2/c1-31-17-7-3-15(4-8-17)22-23(16-5-9-18(32-2)10-6-16)33-20(25-22)11-24-19(27)12-26-14-34(29,30)13-21(26)28/h3-10H,11-14H2,1-2H3,(H,24,27). The van der Waals surface area contributed by atoms with Gasteiger partial charge in [-0.25, -0.2) is 13.4 Å². The molecule has 34 heavy (non-hydrogen) atoms. The van der Waals surface area contributed by atoms with Crippen molar-refractivity contribution in [3.05, 3.63) is 53.5 Å². The first-order valence-electron chi connectivity index (χ1n) is 10.3. The number of sulfone groups is 1. The van der Waals surface area contributed by atoms with Crippen LogP contribution < -0.4 is 14.8 Å². The van der Waals surface area contributed by atoms with Crippen molar-refractivity contribution in [2.24, 2.45) is 0 Å². The maximum Gasteiger partial charge on any atom is 0.240 e. The van der Waals surface area contributed by atoms with Crippen LogP contribution in [0.3, 0.4) is 0 Å². The van der Waals surface area contributed by atoms with E-state index in [4.69, 9.17) is 14.5 Å². The predicted molar refractivity (Wildman–Crippen MR) is 128 cm³/mol. The van der Waals surface area contributed by atoms with E-state index in [1.807, 2.05) is 48.5 Å². The van der Waals surface area contributed by atoms with Crippen molar-refractivity contribution in [3.8, 4) is 33.2 Å². The summed E-state index contributed by atoms with van der Waals surface area (Å²) in [6, 6.07) is 15.2. The Hall–Kier alpha value is -3.44. The average Bonchev–Trinajstić information content (AvgIpc) is 3.37. The van der Waals surface area contributed by atoms with Crippen molar-refractivity contribution in [1.29, 1.82) is 0 Å². The number of hydrogen-bond acceptors (Lipinski definition) is 8. The van der Waals surface area contributed by atoms with Crippen molar-refractivity contribution < 1.29 is 27.5 Å². The summed E-state index contributed by atoms with van der Waals surface area (Å²) in [5.41, 5.74) is 2.62. The molecule has 3 aromatic rings. The molecular weight excluding hydrogens is 478 g/mol. The molecule has 0 saturated carbocycles. The minimum absolute atomic E-state index is 0.150. The molecule has 4 rings (SSSR count). The Morgan fingerprint density at radius 2 is 1.62 bits per heavy atom. The van der Waals surface area contributed by atoms with E-state index in [2.05, 4.69) is 5.32 Å². The van der Waals surface area contributed by atoms with Crippen molar-refractivity contribution in [2.45, 2.75) is 6.54 Å². The maximum absolute atomic E-state index is 12.4. The zero-order chi connectivity index (χ0) is 24.3. The molecule has 2 heterocycles. The van der Waals surface area contributed by atoms with Crippen molar-refractivity contribution in [2.75, 3.05) is 32.4 Å². The Morgan fingerprint density at radius 1 is 1.03 bits per heavy atom. The molecule has 1 N–H and O–H groups in total. The molecular formula is C23H23N3O6S2. The van der Waals surface area contributed by atoms with E-state index in [1.54, 1.807) is 14.2 Å². The number of amides is 2. The average molecular weight is 502 g/mol. The molecule has 1 aliphatic heterocycles. The van der Waals surface area contributed by atoms with E-state index in [0.717, 1.165) is 38.1 Å². The Labute approximate surface area is 201 Å². The van der Waals surface area contributed by atoms with Gasteiger partial charge in [-0.05, 0) is 54.1 Å². The monoisotopic (exact) mass is 501 g/mol. The summed E-state index contributed by atoms with van der Waals surface area (Å²) in [4.78, 5) is 30.9. The third-order valence-corrected chi connectivity index (χ3v) is 7.70. The summed E-state index contributed by atoms with van der Waals surface area (Å²) in [7, 11) is -0.252. The van der Waals surface area contributed by atoms with Crippen LogP contribution in [0.5, 0.6) is 11.5 Å². The first-order chi connectivity index (χ1) is 16.3. The van der Waals surface area contributed by atoms with E-state index in [9.17, 15) is 18.0 Å². The van der Waals surface area contributed by atoms with Gasteiger partial charge < -0.3 is 19.7 Å². The molecule has 1 fully saturated rings. The van der Waals surface area contributed by atoms with Crippen molar-refractivity contribution >= 4 is 33.0 Å². The molecule has 178 valence electrons. The number of carbonyl (C=O) groups excluding carboxylic acids is 2. The molecule has 1 saturated heterocycles. The number of rotatable bonds is 8. The molecule has 0 bridgehead atoms. The van der Waals surface area contributed by atoms with Gasteiger partial charge in [-0.3, -0.25) is 9.59 Å². The van der Waals surface area contributed by atoms with Crippen molar-refractivity contribution in [3.63, 3.8) is 0 Å². The smallest absolute Gasteiger partial charge is 0.240 e. The van der Waals surface area contributed by atoms with E-state index >= 15 is 0 Å². The quantitative estimate of drug-likeness (QED) is 0.504. The van der Waals surface area contributed by atoms with Gasteiger partial charge in [-0.1, -0.05) is 0 Å². The lowest BCUT2D eigenvalue weighted by atomic mass is 10.1. The number of thiazole rings is 1. The van der Waals surface area contributed by atoms with Gasteiger partial charge in [-0.15, -0.1) is 11.3 Å². The van der Waals surface area contributed by atoms with Gasteiger partial charge >= 0.3 is 0 Å². The Kier molecular flexibility index (Phi) is 6.85. The third-order valence-electron chi connectivity index (χ3n) is 5.21. The lowest BCUT2D eigenvalue weighted by Gasteiger charge is -2.13. The summed E-state index contributed by atoms with van der Waals surface area (Å²) in [6.45, 7) is -0.155. The highest BCUT2D eigenvalue weighted by Crippen LogP contribution is 2.38. The maximum atomic E-state index is 12.4. The Morgan fingerprint density at radius 3 is 2.15 bits per heavy atom. The van der Waals surface area contributed by atoms with Gasteiger partial charge in [-0.2, -0.15) is 0 Å². The molecule has 0 radical (unpaired) electrons. The minimum atomic E-state index is -3.46. The number of hydrogen-bond donors (Lipinski definition) is 1. The predicted octanol–water partition coefficient (Wildman–Crippen LogP) is 2.33. The number of methoxy groups -OCH3 is 2. The molecule has 0 aliphatic carbocycles. The number of benzene rings is 2. The number of nitrogens with zero attached hydrogens (tertiary/aromatic N) is 2. The van der Waals surface area contributed by atoms with E-state index < -0.39 is 33.3 Å². The molecule has 2 amide bonds. The highest BCUT2D eigenvalue weighted by atomic mass is 32.2. The summed E-state index contributed by atoms with van der Waals surface area (Å²) in [5.74, 6) is -0.519. The summed E-state index contributed by atoms with van der Waals surface area (Å²) in [6.07, 6.45) is 0. The van der Waals surface area contributed by atoms with Gasteiger partial charge in [0.2, 0.25) is 11.8 Å². The topological polar surface area (TPSA) is 115 Å². The molecule has 2 aromatic carbocycles. The summed E-state index contributed by atoms with van der Waals surface area (Å²) in [5, 5.41) is 3.41. The van der Waals surface area contributed by atoms with Crippen LogP contribution in [-0.4, -0.2) is 62.5 Å². The fourth-order valence-electron chi connectivity index (χ4n) is 3.49. The Balaban J connectivity index is 1.54.